The normalized spacial score (nSPS) is 14.4. The molecule has 3 aromatic rings. The van der Waals surface area contributed by atoms with Crippen LogP contribution in [0.4, 0.5) is 17.1 Å². The summed E-state index contributed by atoms with van der Waals surface area (Å²) in [5, 5.41) is 0. The molecule has 0 spiro atoms. The lowest BCUT2D eigenvalue weighted by Gasteiger charge is -2.30. The Morgan fingerprint density at radius 3 is 2.04 bits per heavy atom. The minimum Gasteiger partial charge on any atom is -0.345 e. The van der Waals surface area contributed by atoms with Crippen molar-refractivity contribution in [2.24, 2.45) is 0 Å². The maximum absolute atomic E-state index is 6.16. The van der Waals surface area contributed by atoms with Crippen LogP contribution in [-0.2, 0) is 0 Å². The summed E-state index contributed by atoms with van der Waals surface area (Å²) in [7, 11) is 0. The fraction of sp³-hybridized carbons (Fsp3) is 0.182. The molecule has 0 aliphatic carbocycles. The van der Waals surface area contributed by atoms with Crippen molar-refractivity contribution in [3.63, 3.8) is 0 Å². The number of anilines is 3. The van der Waals surface area contributed by atoms with Gasteiger partial charge in [0, 0.05) is 11.6 Å². The van der Waals surface area contributed by atoms with E-state index >= 15 is 0 Å². The second-order valence-corrected chi connectivity index (χ2v) is 6.65. The molecule has 2 nitrogen and oxygen atoms in total. The van der Waals surface area contributed by atoms with Gasteiger partial charge in [-0.25, -0.2) is 0 Å². The van der Waals surface area contributed by atoms with E-state index in [1.165, 1.54) is 22.6 Å². The standard InChI is InChI=1S/C22H21ClN2/c23-16-15-20(18-9-3-1-4-10-18)25-17-24(19-11-5-2-6-12-19)21-13-7-8-14-22(21)25/h1-14,20H,15-17H2/t20-/m1/s1. The fourth-order valence-electron chi connectivity index (χ4n) is 3.62. The lowest BCUT2D eigenvalue weighted by molar-refractivity contribution is 0.623. The van der Waals surface area contributed by atoms with E-state index in [4.69, 9.17) is 11.6 Å². The highest BCUT2D eigenvalue weighted by Crippen LogP contribution is 2.44. The Bertz CT molecular complexity index is 820. The van der Waals surface area contributed by atoms with Crippen LogP contribution >= 0.6 is 11.6 Å². The lowest BCUT2D eigenvalue weighted by atomic mass is 10.0. The van der Waals surface area contributed by atoms with Gasteiger partial charge in [0.25, 0.3) is 0 Å². The van der Waals surface area contributed by atoms with Crippen LogP contribution in [0.5, 0.6) is 0 Å². The summed E-state index contributed by atoms with van der Waals surface area (Å²) in [5.41, 5.74) is 5.05. The molecule has 0 bridgehead atoms. The Morgan fingerprint density at radius 1 is 0.760 bits per heavy atom. The van der Waals surface area contributed by atoms with E-state index in [1.54, 1.807) is 0 Å². The zero-order chi connectivity index (χ0) is 17.1. The van der Waals surface area contributed by atoms with E-state index < -0.39 is 0 Å². The van der Waals surface area contributed by atoms with E-state index in [0.29, 0.717) is 5.88 Å². The molecule has 0 aromatic heterocycles. The third-order valence-corrected chi connectivity index (χ3v) is 5.00. The third-order valence-electron chi connectivity index (χ3n) is 4.79. The van der Waals surface area contributed by atoms with Crippen molar-refractivity contribution in [1.29, 1.82) is 0 Å². The van der Waals surface area contributed by atoms with Crippen molar-refractivity contribution in [2.75, 3.05) is 22.3 Å². The summed E-state index contributed by atoms with van der Waals surface area (Å²) in [6.45, 7) is 0.833. The van der Waals surface area contributed by atoms with Crippen LogP contribution in [0.1, 0.15) is 18.0 Å². The molecule has 0 radical (unpaired) electrons. The zero-order valence-electron chi connectivity index (χ0n) is 14.1. The highest BCUT2D eigenvalue weighted by molar-refractivity contribution is 6.17. The molecule has 25 heavy (non-hydrogen) atoms. The van der Waals surface area contributed by atoms with Gasteiger partial charge in [-0.2, -0.15) is 0 Å². The molecule has 1 aliphatic heterocycles. The van der Waals surface area contributed by atoms with Crippen molar-refractivity contribution in [2.45, 2.75) is 12.5 Å². The number of fused-ring (bicyclic) bond motifs is 1. The Balaban J connectivity index is 1.75. The topological polar surface area (TPSA) is 6.48 Å². The van der Waals surface area contributed by atoms with Crippen LogP contribution in [0.15, 0.2) is 84.9 Å². The Labute approximate surface area is 154 Å². The molecule has 4 rings (SSSR count). The molecule has 1 aliphatic rings. The van der Waals surface area contributed by atoms with Gasteiger partial charge in [-0.1, -0.05) is 60.7 Å². The SMILES string of the molecule is ClCC[C@H](c1ccccc1)N1CN(c2ccccc2)c2ccccc21. The van der Waals surface area contributed by atoms with Crippen molar-refractivity contribution in [3.8, 4) is 0 Å². The number of hydrogen-bond donors (Lipinski definition) is 0. The van der Waals surface area contributed by atoms with Gasteiger partial charge in [0.05, 0.1) is 24.1 Å². The Hall–Kier alpha value is -2.45. The quantitative estimate of drug-likeness (QED) is 0.524. The molecule has 3 heteroatoms. The first-order valence-corrected chi connectivity index (χ1v) is 9.21. The monoisotopic (exact) mass is 348 g/mol. The molecule has 0 amide bonds. The van der Waals surface area contributed by atoms with Crippen LogP contribution in [0.2, 0.25) is 0 Å². The second-order valence-electron chi connectivity index (χ2n) is 6.27. The number of nitrogens with zero attached hydrogens (tertiary/aromatic N) is 2. The van der Waals surface area contributed by atoms with Crippen LogP contribution < -0.4 is 9.80 Å². The van der Waals surface area contributed by atoms with Crippen molar-refractivity contribution in [3.05, 3.63) is 90.5 Å². The minimum absolute atomic E-state index is 0.272. The molecular weight excluding hydrogens is 328 g/mol. The number of hydrogen-bond acceptors (Lipinski definition) is 2. The van der Waals surface area contributed by atoms with E-state index in [-0.39, 0.29) is 6.04 Å². The van der Waals surface area contributed by atoms with Crippen LogP contribution in [0.25, 0.3) is 0 Å². The number of halogens is 1. The highest BCUT2D eigenvalue weighted by Gasteiger charge is 2.31. The average molecular weight is 349 g/mol. The smallest absolute Gasteiger partial charge is 0.0959 e. The summed E-state index contributed by atoms with van der Waals surface area (Å²) >= 11 is 6.16. The number of rotatable bonds is 5. The molecule has 0 N–H and O–H groups in total. The summed E-state index contributed by atoms with van der Waals surface area (Å²) < 4.78 is 0. The largest absolute Gasteiger partial charge is 0.345 e. The van der Waals surface area contributed by atoms with Gasteiger partial charge < -0.3 is 9.80 Å². The molecule has 0 fully saturated rings. The first-order valence-electron chi connectivity index (χ1n) is 8.67. The fourth-order valence-corrected chi connectivity index (χ4v) is 3.82. The maximum Gasteiger partial charge on any atom is 0.0959 e. The Morgan fingerprint density at radius 2 is 1.36 bits per heavy atom. The highest BCUT2D eigenvalue weighted by atomic mass is 35.5. The Kier molecular flexibility index (Phi) is 4.62. The predicted molar refractivity (Wildman–Crippen MR) is 107 cm³/mol. The molecular formula is C22H21ClN2. The summed E-state index contributed by atoms with van der Waals surface area (Å²) in [4.78, 5) is 4.85. The van der Waals surface area contributed by atoms with E-state index in [1.807, 2.05) is 0 Å². The van der Waals surface area contributed by atoms with E-state index in [9.17, 15) is 0 Å². The molecule has 126 valence electrons. The molecule has 1 heterocycles. The van der Waals surface area contributed by atoms with E-state index in [2.05, 4.69) is 94.7 Å². The molecule has 0 unspecified atom stereocenters. The lowest BCUT2D eigenvalue weighted by Crippen LogP contribution is -2.32. The average Bonchev–Trinajstić information content (AvgIpc) is 3.07. The van der Waals surface area contributed by atoms with Gasteiger partial charge in [0.15, 0.2) is 0 Å². The molecule has 3 aromatic carbocycles. The first-order chi connectivity index (χ1) is 12.4. The predicted octanol–water partition coefficient (Wildman–Crippen LogP) is 5.97. The van der Waals surface area contributed by atoms with Gasteiger partial charge in [-0.3, -0.25) is 0 Å². The van der Waals surface area contributed by atoms with Crippen molar-refractivity contribution < 1.29 is 0 Å². The van der Waals surface area contributed by atoms with Gasteiger partial charge in [0.2, 0.25) is 0 Å². The summed E-state index contributed by atoms with van der Waals surface area (Å²) in [6.07, 6.45) is 0.919. The number of benzene rings is 3. The van der Waals surface area contributed by atoms with Crippen LogP contribution in [-0.4, -0.2) is 12.5 Å². The van der Waals surface area contributed by atoms with Crippen LogP contribution in [0.3, 0.4) is 0 Å². The molecule has 0 saturated carbocycles. The van der Waals surface area contributed by atoms with Gasteiger partial charge in [-0.05, 0) is 36.2 Å². The zero-order valence-corrected chi connectivity index (χ0v) is 14.8. The summed E-state index contributed by atoms with van der Waals surface area (Å²) in [6, 6.07) is 30.2. The number of para-hydroxylation sites is 3. The maximum atomic E-state index is 6.16. The van der Waals surface area contributed by atoms with Crippen molar-refractivity contribution >= 4 is 28.7 Å². The van der Waals surface area contributed by atoms with Gasteiger partial charge >= 0.3 is 0 Å². The second kappa shape index (κ2) is 7.20. The molecule has 0 saturated heterocycles. The number of alkyl halides is 1. The summed E-state index contributed by atoms with van der Waals surface area (Å²) in [5.74, 6) is 0.642. The van der Waals surface area contributed by atoms with Crippen molar-refractivity contribution in [1.82, 2.24) is 0 Å². The van der Waals surface area contributed by atoms with Crippen LogP contribution in [0, 0.1) is 0 Å². The third kappa shape index (κ3) is 3.10. The minimum atomic E-state index is 0.272. The van der Waals surface area contributed by atoms with Gasteiger partial charge in [0.1, 0.15) is 0 Å². The molecule has 1 atom stereocenters. The van der Waals surface area contributed by atoms with Gasteiger partial charge in [-0.15, -0.1) is 11.6 Å². The van der Waals surface area contributed by atoms with E-state index in [0.717, 1.165) is 13.1 Å². The first kappa shape index (κ1) is 16.0.